The minimum Gasteiger partial charge on any atom is -0.366 e. The van der Waals surface area contributed by atoms with Crippen LogP contribution in [0.4, 0.5) is 11.6 Å². The third-order valence-corrected chi connectivity index (χ3v) is 4.90. The van der Waals surface area contributed by atoms with Crippen molar-refractivity contribution in [3.8, 4) is 11.3 Å². The van der Waals surface area contributed by atoms with Gasteiger partial charge in [0.05, 0.1) is 5.69 Å². The van der Waals surface area contributed by atoms with E-state index in [4.69, 9.17) is 5.73 Å². The van der Waals surface area contributed by atoms with E-state index in [9.17, 15) is 9.59 Å². The number of hydrogen-bond acceptors (Lipinski definition) is 5. The first-order valence-corrected chi connectivity index (χ1v) is 10.1. The molecule has 7 heteroatoms. The van der Waals surface area contributed by atoms with Crippen LogP contribution in [-0.4, -0.2) is 39.8 Å². The van der Waals surface area contributed by atoms with Crippen LogP contribution in [0.2, 0.25) is 0 Å². The summed E-state index contributed by atoms with van der Waals surface area (Å²) in [6, 6.07) is 14.2. The molecular formula is C25H25N5O2. The monoisotopic (exact) mass is 427 g/mol. The SMILES string of the molecule is C=CCN(CC=C)C(=O)c1ccc(Nc2nccc(-c3cccc(C(N)=O)c3C)n2)cc1. The van der Waals surface area contributed by atoms with Gasteiger partial charge in [-0.15, -0.1) is 13.2 Å². The van der Waals surface area contributed by atoms with Crippen molar-refractivity contribution in [1.82, 2.24) is 14.9 Å². The fourth-order valence-corrected chi connectivity index (χ4v) is 3.31. The lowest BCUT2D eigenvalue weighted by atomic mass is 9.99. The van der Waals surface area contributed by atoms with Crippen LogP contribution in [0, 0.1) is 6.92 Å². The summed E-state index contributed by atoms with van der Waals surface area (Å²) in [5, 5.41) is 3.15. The second-order valence-electron chi connectivity index (χ2n) is 7.10. The van der Waals surface area contributed by atoms with Crippen LogP contribution in [0.5, 0.6) is 0 Å². The molecule has 0 fully saturated rings. The lowest BCUT2D eigenvalue weighted by Gasteiger charge is -2.19. The predicted molar refractivity (Wildman–Crippen MR) is 127 cm³/mol. The third kappa shape index (κ3) is 5.07. The van der Waals surface area contributed by atoms with E-state index in [2.05, 4.69) is 28.4 Å². The molecule has 1 aromatic heterocycles. The average Bonchev–Trinajstić information content (AvgIpc) is 2.79. The zero-order valence-electron chi connectivity index (χ0n) is 17.9. The Morgan fingerprint density at radius 3 is 2.38 bits per heavy atom. The topological polar surface area (TPSA) is 101 Å². The minimum absolute atomic E-state index is 0.0978. The maximum Gasteiger partial charge on any atom is 0.254 e. The van der Waals surface area contributed by atoms with Gasteiger partial charge in [-0.05, 0) is 48.9 Å². The zero-order valence-corrected chi connectivity index (χ0v) is 17.9. The highest BCUT2D eigenvalue weighted by molar-refractivity contribution is 5.96. The van der Waals surface area contributed by atoms with Crippen molar-refractivity contribution in [1.29, 1.82) is 0 Å². The molecule has 7 nitrogen and oxygen atoms in total. The molecule has 0 saturated heterocycles. The van der Waals surface area contributed by atoms with Crippen molar-refractivity contribution in [2.75, 3.05) is 18.4 Å². The molecule has 32 heavy (non-hydrogen) atoms. The maximum absolute atomic E-state index is 12.7. The van der Waals surface area contributed by atoms with Crippen LogP contribution in [0.1, 0.15) is 26.3 Å². The minimum atomic E-state index is -0.480. The van der Waals surface area contributed by atoms with Crippen LogP contribution < -0.4 is 11.1 Å². The summed E-state index contributed by atoms with van der Waals surface area (Å²) in [5.74, 6) is -0.184. The van der Waals surface area contributed by atoms with Gasteiger partial charge in [0, 0.05) is 41.7 Å². The molecule has 0 spiro atoms. The van der Waals surface area contributed by atoms with Crippen LogP contribution in [-0.2, 0) is 0 Å². The van der Waals surface area contributed by atoms with E-state index in [-0.39, 0.29) is 5.91 Å². The van der Waals surface area contributed by atoms with Crippen molar-refractivity contribution in [3.63, 3.8) is 0 Å². The van der Waals surface area contributed by atoms with Gasteiger partial charge in [-0.2, -0.15) is 0 Å². The van der Waals surface area contributed by atoms with E-state index in [1.54, 1.807) is 65.7 Å². The number of amides is 2. The highest BCUT2D eigenvalue weighted by Crippen LogP contribution is 2.25. The van der Waals surface area contributed by atoms with Crippen molar-refractivity contribution >= 4 is 23.5 Å². The van der Waals surface area contributed by atoms with E-state index < -0.39 is 5.91 Å². The summed E-state index contributed by atoms with van der Waals surface area (Å²) in [4.78, 5) is 34.8. The molecule has 0 atom stereocenters. The van der Waals surface area contributed by atoms with Crippen LogP contribution in [0.3, 0.4) is 0 Å². The largest absolute Gasteiger partial charge is 0.366 e. The predicted octanol–water partition coefficient (Wildman–Crippen LogP) is 4.11. The fraction of sp³-hybridized carbons (Fsp3) is 0.120. The summed E-state index contributed by atoms with van der Waals surface area (Å²) in [6.45, 7) is 10.1. The third-order valence-electron chi connectivity index (χ3n) is 4.90. The molecule has 3 aromatic rings. The summed E-state index contributed by atoms with van der Waals surface area (Å²) in [7, 11) is 0. The van der Waals surface area contributed by atoms with E-state index in [1.807, 2.05) is 13.0 Å². The first-order chi connectivity index (χ1) is 15.4. The summed E-state index contributed by atoms with van der Waals surface area (Å²) >= 11 is 0. The van der Waals surface area contributed by atoms with Gasteiger partial charge in [0.2, 0.25) is 11.9 Å². The van der Waals surface area contributed by atoms with Gasteiger partial charge in [-0.3, -0.25) is 9.59 Å². The van der Waals surface area contributed by atoms with Gasteiger partial charge in [-0.25, -0.2) is 9.97 Å². The lowest BCUT2D eigenvalue weighted by molar-refractivity contribution is 0.0790. The molecule has 0 bridgehead atoms. The maximum atomic E-state index is 12.7. The molecule has 3 N–H and O–H groups in total. The number of rotatable bonds is 9. The second kappa shape index (κ2) is 10.2. The first-order valence-electron chi connectivity index (χ1n) is 10.1. The number of anilines is 2. The molecule has 1 heterocycles. The summed E-state index contributed by atoms with van der Waals surface area (Å²) < 4.78 is 0. The smallest absolute Gasteiger partial charge is 0.254 e. The van der Waals surface area contributed by atoms with Gasteiger partial charge in [-0.1, -0.05) is 24.3 Å². The number of aromatic nitrogens is 2. The molecule has 2 amide bonds. The summed E-state index contributed by atoms with van der Waals surface area (Å²) in [5.41, 5.74) is 9.44. The number of carbonyl (C=O) groups excluding carboxylic acids is 2. The Morgan fingerprint density at radius 1 is 1.06 bits per heavy atom. The molecule has 0 radical (unpaired) electrons. The Hall–Kier alpha value is -4.26. The molecule has 162 valence electrons. The molecule has 0 unspecified atom stereocenters. The molecule has 0 aliphatic heterocycles. The fourth-order valence-electron chi connectivity index (χ4n) is 3.31. The Morgan fingerprint density at radius 2 is 1.75 bits per heavy atom. The van der Waals surface area contributed by atoms with E-state index >= 15 is 0 Å². The number of nitrogens with zero attached hydrogens (tertiary/aromatic N) is 3. The van der Waals surface area contributed by atoms with Crippen molar-refractivity contribution < 1.29 is 9.59 Å². The molecule has 0 saturated carbocycles. The molecule has 2 aromatic carbocycles. The van der Waals surface area contributed by atoms with Gasteiger partial charge in [0.25, 0.3) is 5.91 Å². The van der Waals surface area contributed by atoms with Crippen LogP contribution >= 0.6 is 0 Å². The molecule has 0 aliphatic rings. The molecule has 0 aliphatic carbocycles. The van der Waals surface area contributed by atoms with Gasteiger partial charge in [0.15, 0.2) is 0 Å². The number of primary amides is 1. The standard InChI is InChI=1S/C25H25N5O2/c1-4-15-30(16-5-2)24(32)18-9-11-19(12-10-18)28-25-27-14-13-22(29-25)20-7-6-8-21(17(20)3)23(26)31/h4-14H,1-2,15-16H2,3H3,(H2,26,31)(H,27,28,29). The van der Waals surface area contributed by atoms with Crippen LogP contribution in [0.15, 0.2) is 80.0 Å². The van der Waals surface area contributed by atoms with Crippen LogP contribution in [0.25, 0.3) is 11.3 Å². The number of benzene rings is 2. The van der Waals surface area contributed by atoms with Crippen molar-refractivity contribution in [2.45, 2.75) is 6.92 Å². The van der Waals surface area contributed by atoms with Crippen molar-refractivity contribution in [3.05, 3.63) is 96.7 Å². The van der Waals surface area contributed by atoms with E-state index in [0.717, 1.165) is 16.8 Å². The Bertz CT molecular complexity index is 1150. The highest BCUT2D eigenvalue weighted by Gasteiger charge is 2.14. The highest BCUT2D eigenvalue weighted by atomic mass is 16.2. The van der Waals surface area contributed by atoms with Crippen molar-refractivity contribution in [2.24, 2.45) is 5.73 Å². The van der Waals surface area contributed by atoms with E-state index in [1.165, 1.54) is 0 Å². The second-order valence-corrected chi connectivity index (χ2v) is 7.10. The number of nitrogens with two attached hydrogens (primary N) is 1. The quantitative estimate of drug-likeness (QED) is 0.501. The van der Waals surface area contributed by atoms with E-state index in [0.29, 0.717) is 35.9 Å². The number of carbonyl (C=O) groups is 2. The van der Waals surface area contributed by atoms with Gasteiger partial charge < -0.3 is 16.0 Å². The Kier molecular flexibility index (Phi) is 7.13. The summed E-state index contributed by atoms with van der Waals surface area (Å²) in [6.07, 6.45) is 5.01. The number of hydrogen-bond donors (Lipinski definition) is 2. The normalized spacial score (nSPS) is 10.3. The number of nitrogens with one attached hydrogen (secondary N) is 1. The molecular weight excluding hydrogens is 402 g/mol. The zero-order chi connectivity index (χ0) is 23.1. The van der Waals surface area contributed by atoms with Gasteiger partial charge >= 0.3 is 0 Å². The van der Waals surface area contributed by atoms with Gasteiger partial charge in [0.1, 0.15) is 0 Å². The molecule has 3 rings (SSSR count). The lowest BCUT2D eigenvalue weighted by Crippen LogP contribution is -2.31. The first kappa shape index (κ1) is 22.4. The Balaban J connectivity index is 1.80. The average molecular weight is 428 g/mol. The Labute approximate surface area is 187 Å².